The maximum atomic E-state index is 14.2. The van der Waals surface area contributed by atoms with Gasteiger partial charge in [-0.1, -0.05) is 30.2 Å². The van der Waals surface area contributed by atoms with Crippen molar-refractivity contribution in [1.29, 1.82) is 0 Å². The molecule has 8 atom stereocenters. The molecule has 242 valence electrons. The summed E-state index contributed by atoms with van der Waals surface area (Å²) in [6.45, 7) is 6.40. The zero-order valence-electron chi connectivity index (χ0n) is 25.8. The van der Waals surface area contributed by atoms with Crippen LogP contribution >= 0.6 is 11.6 Å². The molecule has 4 aliphatic rings. The van der Waals surface area contributed by atoms with E-state index in [-0.39, 0.29) is 53.8 Å². The van der Waals surface area contributed by atoms with Crippen LogP contribution in [0.1, 0.15) is 83.1 Å². The highest BCUT2D eigenvalue weighted by Crippen LogP contribution is 2.41. The Kier molecular flexibility index (Phi) is 11.1. The summed E-state index contributed by atoms with van der Waals surface area (Å²) in [6, 6.07) is 7.57. The van der Waals surface area contributed by atoms with Gasteiger partial charge < -0.3 is 25.8 Å². The molecule has 1 aromatic carbocycles. The Balaban J connectivity index is 1.30. The number of ether oxygens (including phenoxy) is 1. The summed E-state index contributed by atoms with van der Waals surface area (Å²) < 4.78 is 33.7. The van der Waals surface area contributed by atoms with Gasteiger partial charge in [0.1, 0.15) is 0 Å². The van der Waals surface area contributed by atoms with Crippen molar-refractivity contribution in [3.05, 3.63) is 34.9 Å². The van der Waals surface area contributed by atoms with E-state index < -0.39 is 16.1 Å². The SMILES string of the molecule is CC1(C)CC(C(c2ccc(Cl)cc2)C(NCCO)C(=O)N[C@H]2CCC[C@@H]2CC[C@H]2CN[C@@H]3CCCS(=O)(=O)N2C3)CCO1. The molecule has 1 saturated carbocycles. The first-order chi connectivity index (χ1) is 20.6. The van der Waals surface area contributed by atoms with Crippen LogP contribution < -0.4 is 16.0 Å². The normalized spacial score (nSPS) is 33.3. The topological polar surface area (TPSA) is 120 Å². The lowest BCUT2D eigenvalue weighted by molar-refractivity contribution is -0.126. The number of hydrogen-bond donors (Lipinski definition) is 4. The third-order valence-corrected chi connectivity index (χ3v) is 12.5. The maximum Gasteiger partial charge on any atom is 0.238 e. The number of aliphatic hydroxyl groups is 1. The number of halogens is 1. The summed E-state index contributed by atoms with van der Waals surface area (Å²) in [7, 11) is -3.22. The van der Waals surface area contributed by atoms with E-state index in [4.69, 9.17) is 16.3 Å². The first-order valence-corrected chi connectivity index (χ1v) is 18.3. The summed E-state index contributed by atoms with van der Waals surface area (Å²) in [4.78, 5) is 14.2. The monoisotopic (exact) mass is 638 g/mol. The summed E-state index contributed by atoms with van der Waals surface area (Å²) in [6.07, 6.45) is 7.99. The average Bonchev–Trinajstić information content (AvgIpc) is 3.36. The van der Waals surface area contributed by atoms with Gasteiger partial charge in [-0.15, -0.1) is 0 Å². The Hall–Kier alpha value is -1.27. The van der Waals surface area contributed by atoms with Gasteiger partial charge in [-0.3, -0.25) is 4.79 Å². The zero-order valence-corrected chi connectivity index (χ0v) is 27.3. The summed E-state index contributed by atoms with van der Waals surface area (Å²) >= 11 is 6.25. The van der Waals surface area contributed by atoms with Gasteiger partial charge in [0.05, 0.1) is 24.0 Å². The number of aliphatic hydroxyl groups excluding tert-OH is 1. The molecule has 9 nitrogen and oxygen atoms in total. The van der Waals surface area contributed by atoms with Crippen LogP contribution in [0.3, 0.4) is 0 Å². The molecule has 43 heavy (non-hydrogen) atoms. The number of benzene rings is 1. The molecule has 4 unspecified atom stereocenters. The standard InChI is InChI=1S/C32H51ClN4O5S/c1-32(2)19-24(14-17-42-32)29(23-8-11-25(33)12-9-23)30(34-15-16-38)31(39)36-28-7-3-5-22(28)10-13-27-20-35-26-6-4-18-43(40,41)37(27)21-26/h8-9,11-12,22,24,26-30,34-35,38H,3-7,10,13-21H2,1-2H3,(H,36,39)/t22-,24?,26-,27+,28+,29?,30?/m1/s1. The van der Waals surface area contributed by atoms with Crippen molar-refractivity contribution < 1.29 is 23.1 Å². The van der Waals surface area contributed by atoms with Gasteiger partial charge >= 0.3 is 0 Å². The van der Waals surface area contributed by atoms with Crippen molar-refractivity contribution in [3.63, 3.8) is 0 Å². The van der Waals surface area contributed by atoms with Gasteiger partial charge in [0, 0.05) is 55.3 Å². The molecule has 4 N–H and O–H groups in total. The molecule has 4 fully saturated rings. The number of nitrogens with zero attached hydrogens (tertiary/aromatic N) is 1. The molecule has 1 aromatic rings. The first-order valence-electron chi connectivity index (χ1n) is 16.3. The quantitative estimate of drug-likeness (QED) is 0.293. The van der Waals surface area contributed by atoms with E-state index >= 15 is 0 Å². The van der Waals surface area contributed by atoms with Crippen LogP contribution in [0.15, 0.2) is 24.3 Å². The Morgan fingerprint density at radius 1 is 1.16 bits per heavy atom. The van der Waals surface area contributed by atoms with Gasteiger partial charge in [-0.2, -0.15) is 4.31 Å². The second kappa shape index (κ2) is 14.4. The molecule has 0 radical (unpaired) electrons. The van der Waals surface area contributed by atoms with E-state index in [9.17, 15) is 18.3 Å². The first kappa shape index (κ1) is 33.1. The van der Waals surface area contributed by atoms with Crippen molar-refractivity contribution in [3.8, 4) is 0 Å². The largest absolute Gasteiger partial charge is 0.395 e. The fraction of sp³-hybridized carbons (Fsp3) is 0.781. The fourth-order valence-corrected chi connectivity index (χ4v) is 10.0. The van der Waals surface area contributed by atoms with E-state index in [0.717, 1.165) is 56.9 Å². The van der Waals surface area contributed by atoms with E-state index in [1.165, 1.54) is 0 Å². The highest BCUT2D eigenvalue weighted by Gasteiger charge is 2.42. The minimum atomic E-state index is -3.22. The van der Waals surface area contributed by atoms with Gasteiger partial charge in [0.15, 0.2) is 0 Å². The van der Waals surface area contributed by atoms with Gasteiger partial charge in [0.2, 0.25) is 15.9 Å². The number of carbonyl (C=O) groups excluding carboxylic acids is 1. The zero-order chi connectivity index (χ0) is 30.6. The van der Waals surface area contributed by atoms with Crippen molar-refractivity contribution in [1.82, 2.24) is 20.3 Å². The molecule has 5 rings (SSSR count). The number of nitrogens with one attached hydrogen (secondary N) is 3. The van der Waals surface area contributed by atoms with Crippen LogP contribution in [0.2, 0.25) is 5.02 Å². The molecule has 1 amide bonds. The highest BCUT2D eigenvalue weighted by atomic mass is 35.5. The Morgan fingerprint density at radius 2 is 1.95 bits per heavy atom. The number of carbonyl (C=O) groups is 1. The van der Waals surface area contributed by atoms with Gasteiger partial charge in [-0.05, 0) is 94.7 Å². The minimum Gasteiger partial charge on any atom is -0.395 e. The number of amides is 1. The molecular formula is C32H51ClN4O5S. The number of fused-ring (bicyclic) bond motifs is 2. The second-order valence-corrected chi connectivity index (χ2v) is 16.2. The fourth-order valence-electron chi connectivity index (χ4n) is 8.11. The maximum absolute atomic E-state index is 14.2. The molecule has 3 heterocycles. The van der Waals surface area contributed by atoms with Crippen molar-refractivity contribution in [2.24, 2.45) is 11.8 Å². The van der Waals surface area contributed by atoms with Crippen LogP contribution in [0.5, 0.6) is 0 Å². The van der Waals surface area contributed by atoms with E-state index in [1.54, 1.807) is 4.31 Å². The predicted octanol–water partition coefficient (Wildman–Crippen LogP) is 3.41. The molecule has 0 aromatic heterocycles. The highest BCUT2D eigenvalue weighted by molar-refractivity contribution is 7.89. The Labute approximate surface area is 262 Å². The lowest BCUT2D eigenvalue weighted by atomic mass is 9.73. The minimum absolute atomic E-state index is 0.0265. The summed E-state index contributed by atoms with van der Waals surface area (Å²) in [5, 5.41) is 20.8. The molecule has 11 heteroatoms. The van der Waals surface area contributed by atoms with E-state index in [0.29, 0.717) is 43.6 Å². The van der Waals surface area contributed by atoms with Crippen LogP contribution in [-0.2, 0) is 19.6 Å². The second-order valence-electron chi connectivity index (χ2n) is 13.8. The number of piperazine rings is 1. The lowest BCUT2D eigenvalue weighted by Gasteiger charge is -2.42. The van der Waals surface area contributed by atoms with Crippen LogP contribution in [0, 0.1) is 11.8 Å². The number of hydrogen-bond acceptors (Lipinski definition) is 7. The van der Waals surface area contributed by atoms with Crippen LogP contribution in [0.25, 0.3) is 0 Å². The van der Waals surface area contributed by atoms with Gasteiger partial charge in [-0.25, -0.2) is 8.42 Å². The van der Waals surface area contributed by atoms with E-state index in [2.05, 4.69) is 29.8 Å². The lowest BCUT2D eigenvalue weighted by Crippen LogP contribution is -2.57. The summed E-state index contributed by atoms with van der Waals surface area (Å²) in [5.74, 6) is 0.619. The molecule has 2 bridgehead atoms. The van der Waals surface area contributed by atoms with Crippen molar-refractivity contribution in [2.45, 2.75) is 107 Å². The smallest absolute Gasteiger partial charge is 0.238 e. The van der Waals surface area contributed by atoms with Gasteiger partial charge in [0.25, 0.3) is 0 Å². The van der Waals surface area contributed by atoms with Crippen LogP contribution in [-0.4, -0.2) is 92.1 Å². The number of rotatable bonds is 11. The average molecular weight is 639 g/mol. The van der Waals surface area contributed by atoms with Crippen molar-refractivity contribution >= 4 is 27.5 Å². The molecule has 1 aliphatic carbocycles. The molecule has 3 saturated heterocycles. The molecular weight excluding hydrogens is 588 g/mol. The van der Waals surface area contributed by atoms with E-state index in [1.807, 2.05) is 24.3 Å². The van der Waals surface area contributed by atoms with Crippen LogP contribution in [0.4, 0.5) is 0 Å². The third-order valence-electron chi connectivity index (χ3n) is 10.2. The Morgan fingerprint density at radius 3 is 2.70 bits per heavy atom. The summed E-state index contributed by atoms with van der Waals surface area (Å²) in [5.41, 5.74) is 0.777. The third kappa shape index (κ3) is 8.31. The number of sulfonamides is 1. The predicted molar refractivity (Wildman–Crippen MR) is 170 cm³/mol. The molecule has 0 spiro atoms. The Bertz CT molecular complexity index is 1180. The van der Waals surface area contributed by atoms with Crippen molar-refractivity contribution in [2.75, 3.05) is 38.6 Å². The molecule has 3 aliphatic heterocycles.